The summed E-state index contributed by atoms with van der Waals surface area (Å²) in [6, 6.07) is 21.5. The minimum Gasteiger partial charge on any atom is -0.369 e. The third kappa shape index (κ3) is 9.39. The lowest BCUT2D eigenvalue weighted by molar-refractivity contribution is -0.113. The third-order valence-electron chi connectivity index (χ3n) is 9.67. The van der Waals surface area contributed by atoms with Crippen LogP contribution in [0.3, 0.4) is 0 Å². The molecule has 0 radical (unpaired) electrons. The van der Waals surface area contributed by atoms with Crippen LogP contribution in [0.5, 0.6) is 0 Å². The van der Waals surface area contributed by atoms with Gasteiger partial charge < -0.3 is 10.2 Å². The molecular weight excluding hydrogens is 873 g/mol. The van der Waals surface area contributed by atoms with Crippen LogP contribution in [0, 0.1) is 13.8 Å². The van der Waals surface area contributed by atoms with Gasteiger partial charge in [0.25, 0.3) is 15.6 Å². The Labute approximate surface area is 367 Å². The Morgan fingerprint density at radius 2 is 1.77 bits per heavy atom. The highest BCUT2D eigenvalue weighted by Crippen LogP contribution is 2.34. The molecule has 2 aliphatic rings. The molecule has 0 atom stereocenters. The number of rotatable bonds is 11. The van der Waals surface area contributed by atoms with E-state index in [4.69, 9.17) is 4.98 Å². The molecule has 18 heteroatoms. The molecule has 0 saturated carbocycles. The summed E-state index contributed by atoms with van der Waals surface area (Å²) in [6.07, 6.45) is 3.93. The van der Waals surface area contributed by atoms with E-state index in [1.54, 1.807) is 63.0 Å². The van der Waals surface area contributed by atoms with Gasteiger partial charge in [-0.1, -0.05) is 54.8 Å². The number of carbonyl (C=O) groups is 1. The first-order chi connectivity index (χ1) is 28.9. The van der Waals surface area contributed by atoms with Crippen molar-refractivity contribution in [1.82, 2.24) is 23.9 Å². The van der Waals surface area contributed by atoms with Crippen molar-refractivity contribution in [3.63, 3.8) is 0 Å². The number of hydrogen-bond donors (Lipinski definition) is 1. The lowest BCUT2D eigenvalue weighted by atomic mass is 10.1. The average molecular weight is 913 g/mol. The second-order valence-electron chi connectivity index (χ2n) is 14.0. The van der Waals surface area contributed by atoms with Gasteiger partial charge in [-0.25, -0.2) is 18.4 Å². The molecule has 0 amide bonds. The van der Waals surface area contributed by atoms with Gasteiger partial charge in [0, 0.05) is 59.9 Å². The molecule has 308 valence electrons. The average Bonchev–Trinajstić information content (AvgIpc) is 4.09. The van der Waals surface area contributed by atoms with Crippen LogP contribution >= 0.6 is 57.1 Å². The molecule has 0 bridgehead atoms. The van der Waals surface area contributed by atoms with Crippen LogP contribution < -0.4 is 15.8 Å². The van der Waals surface area contributed by atoms with Gasteiger partial charge in [-0.15, -0.1) is 34.0 Å². The molecule has 7 heterocycles. The molecule has 0 aliphatic carbocycles. The highest BCUT2D eigenvalue weighted by Gasteiger charge is 2.30. The molecule has 0 spiro atoms. The fourth-order valence-corrected chi connectivity index (χ4v) is 12.9. The lowest BCUT2D eigenvalue weighted by Gasteiger charge is -2.36. The molecule has 5 aromatic heterocycles. The molecule has 60 heavy (non-hydrogen) atoms. The molecule has 9 rings (SSSR count). The van der Waals surface area contributed by atoms with Gasteiger partial charge in [0.2, 0.25) is 4.96 Å². The SMILES string of the molecule is C=C(Nc1ccc2nc(SCc3cc(=O)n4nc(CC)sc4n3)sc2c1)c1cccs1.Cc1ccc(C)c(N2CCN(S(=O)(=O)c3ccc(C4=NCC(=O)C=C4)s3)CC2)c1. The van der Waals surface area contributed by atoms with Crippen LogP contribution in [0.15, 0.2) is 109 Å². The van der Waals surface area contributed by atoms with E-state index in [2.05, 4.69) is 70.0 Å². The number of benzene rings is 2. The zero-order valence-electron chi connectivity index (χ0n) is 33.0. The van der Waals surface area contributed by atoms with E-state index in [1.165, 1.54) is 50.1 Å². The van der Waals surface area contributed by atoms with Gasteiger partial charge in [-0.05, 0) is 91.4 Å². The number of carbonyl (C=O) groups excluding carboxylic acids is 1. The fraction of sp³-hybridized carbons (Fsp3) is 0.238. The summed E-state index contributed by atoms with van der Waals surface area (Å²) in [6.45, 7) is 12.7. The quantitative estimate of drug-likeness (QED) is 0.126. The van der Waals surface area contributed by atoms with Gasteiger partial charge >= 0.3 is 0 Å². The minimum atomic E-state index is -3.54. The smallest absolute Gasteiger partial charge is 0.275 e. The Hall–Kier alpha value is -4.82. The number of fused-ring (bicyclic) bond motifs is 2. The molecule has 1 N–H and O–H groups in total. The Kier molecular flexibility index (Phi) is 12.6. The van der Waals surface area contributed by atoms with Crippen molar-refractivity contribution < 1.29 is 13.2 Å². The van der Waals surface area contributed by atoms with Gasteiger partial charge in [0.05, 0.1) is 26.5 Å². The highest BCUT2D eigenvalue weighted by atomic mass is 32.2. The monoisotopic (exact) mass is 912 g/mol. The largest absolute Gasteiger partial charge is 0.369 e. The van der Waals surface area contributed by atoms with E-state index in [9.17, 15) is 18.0 Å². The number of anilines is 2. The normalized spacial score (nSPS) is 14.7. The number of aliphatic imine (C=N–C) groups is 1. The number of allylic oxidation sites excluding steroid dienone is 1. The Bertz CT molecular complexity index is 2950. The first kappa shape index (κ1) is 41.9. The van der Waals surface area contributed by atoms with E-state index in [0.717, 1.165) is 52.8 Å². The zero-order chi connectivity index (χ0) is 42.0. The standard InChI is InChI=1S/C21H17N5OS4.C21H23N3O3S2/c1-3-18-25-26-19(27)10-14(23-20(26)31-18)11-29-21-24-15-7-6-13(9-17(15)30-21)22-12(2)16-5-4-8-28-16;1-15-3-4-16(2)19(13-15)23-9-11-24(12-10-23)29(26,27)21-8-7-20(28-21)18-6-5-17(25)14-22-18/h4-10,22H,2-3,11H2,1H3;3-8,13H,9-12,14H2,1-2H3. The molecule has 0 unspecified atom stereocenters. The predicted octanol–water partition coefficient (Wildman–Crippen LogP) is 8.56. The number of dihydropyridines is 1. The maximum absolute atomic E-state index is 13.1. The van der Waals surface area contributed by atoms with E-state index in [-0.39, 0.29) is 17.9 Å². The van der Waals surface area contributed by atoms with Crippen molar-refractivity contribution in [2.45, 2.75) is 41.5 Å². The van der Waals surface area contributed by atoms with E-state index < -0.39 is 10.0 Å². The zero-order valence-corrected chi connectivity index (χ0v) is 37.9. The Balaban J connectivity index is 0.000000167. The number of aryl methyl sites for hydroxylation is 3. The number of thiazole rings is 1. The van der Waals surface area contributed by atoms with Crippen LogP contribution in [-0.2, 0) is 27.0 Å². The Morgan fingerprint density at radius 3 is 2.52 bits per heavy atom. The molecule has 1 fully saturated rings. The van der Waals surface area contributed by atoms with Crippen LogP contribution in [0.25, 0.3) is 20.9 Å². The Morgan fingerprint density at radius 1 is 0.933 bits per heavy atom. The summed E-state index contributed by atoms with van der Waals surface area (Å²) in [5, 5.41) is 10.6. The first-order valence-corrected chi connectivity index (χ1v) is 24.8. The molecule has 12 nitrogen and oxygen atoms in total. The van der Waals surface area contributed by atoms with Gasteiger partial charge in [-0.2, -0.15) is 13.9 Å². The first-order valence-electron chi connectivity index (χ1n) is 19.0. The number of piperazine rings is 1. The number of sulfonamides is 1. The summed E-state index contributed by atoms with van der Waals surface area (Å²) in [7, 11) is -3.54. The van der Waals surface area contributed by atoms with Crippen molar-refractivity contribution in [2.75, 3.05) is 42.9 Å². The molecule has 7 aromatic rings. The number of nitrogens with one attached hydrogen (secondary N) is 1. The van der Waals surface area contributed by atoms with Gasteiger partial charge in [-0.3, -0.25) is 14.6 Å². The number of nitrogens with zero attached hydrogens (tertiary/aromatic N) is 7. The van der Waals surface area contributed by atoms with Crippen molar-refractivity contribution in [2.24, 2.45) is 4.99 Å². The minimum absolute atomic E-state index is 0.0418. The summed E-state index contributed by atoms with van der Waals surface area (Å²) in [5.41, 5.74) is 7.69. The van der Waals surface area contributed by atoms with Crippen LogP contribution in [0.4, 0.5) is 11.4 Å². The third-order valence-corrected chi connectivity index (χ3v) is 17.3. The molecule has 1 saturated heterocycles. The summed E-state index contributed by atoms with van der Waals surface area (Å²) in [4.78, 5) is 41.9. The van der Waals surface area contributed by atoms with Crippen molar-refractivity contribution in [1.29, 1.82) is 0 Å². The number of thiophene rings is 2. The van der Waals surface area contributed by atoms with E-state index >= 15 is 0 Å². The second kappa shape index (κ2) is 18.0. The predicted molar refractivity (Wildman–Crippen MR) is 249 cm³/mol. The number of ketones is 1. The maximum Gasteiger partial charge on any atom is 0.275 e. The van der Waals surface area contributed by atoms with Crippen LogP contribution in [0.2, 0.25) is 0 Å². The summed E-state index contributed by atoms with van der Waals surface area (Å²) < 4.78 is 31.5. The van der Waals surface area contributed by atoms with E-state index in [0.29, 0.717) is 46.8 Å². The molecular formula is C42H40N8O4S6. The van der Waals surface area contributed by atoms with Gasteiger partial charge in [0.1, 0.15) is 15.8 Å². The van der Waals surface area contributed by atoms with Crippen molar-refractivity contribution in [3.8, 4) is 0 Å². The number of hydrogen-bond acceptors (Lipinski definition) is 15. The molecule has 2 aromatic carbocycles. The van der Waals surface area contributed by atoms with Crippen molar-refractivity contribution in [3.05, 3.63) is 133 Å². The number of aromatic nitrogens is 4. The van der Waals surface area contributed by atoms with Crippen molar-refractivity contribution >= 4 is 111 Å². The highest BCUT2D eigenvalue weighted by molar-refractivity contribution is 8.00. The molecule has 2 aliphatic heterocycles. The van der Waals surface area contributed by atoms with Gasteiger partial charge in [0.15, 0.2) is 10.1 Å². The topological polar surface area (TPSA) is 142 Å². The summed E-state index contributed by atoms with van der Waals surface area (Å²) in [5.74, 6) is 0.547. The second-order valence-corrected chi connectivity index (χ2v) is 21.5. The van der Waals surface area contributed by atoms with E-state index in [1.807, 2.05) is 36.6 Å². The lowest BCUT2D eigenvalue weighted by Crippen LogP contribution is -2.48. The number of thioether (sulfide) groups is 1. The maximum atomic E-state index is 13.1. The van der Waals surface area contributed by atoms with Crippen LogP contribution in [-0.4, -0.2) is 76.5 Å². The summed E-state index contributed by atoms with van der Waals surface area (Å²) >= 11 is 7.55. The van der Waals surface area contributed by atoms with Crippen LogP contribution in [0.1, 0.15) is 38.5 Å². The fourth-order valence-electron chi connectivity index (χ4n) is 6.53.